The molecule has 40 heavy (non-hydrogen) atoms. The first-order chi connectivity index (χ1) is 19.1. The number of carbonyl (C=O) groups is 1. The van der Waals surface area contributed by atoms with Gasteiger partial charge in [0.15, 0.2) is 0 Å². The third-order valence-corrected chi connectivity index (χ3v) is 7.29. The van der Waals surface area contributed by atoms with Crippen LogP contribution in [0.3, 0.4) is 0 Å². The highest BCUT2D eigenvalue weighted by Gasteiger charge is 2.28. The van der Waals surface area contributed by atoms with Crippen molar-refractivity contribution in [3.63, 3.8) is 0 Å². The molecule has 0 amide bonds. The van der Waals surface area contributed by atoms with Gasteiger partial charge in [0.25, 0.3) is 0 Å². The standard InChI is InChI=1S/C34H49NO5/c1-7-38-33(37)18-11-10-15-31-30(16-12-17-32(31)40-24(2)3)25(4)39-23-29(36)22-35-34(5,6)21-26-19-27-13-8-9-14-28(27)20-26/h8-10,12-17,24-26,29,35-36H,7,11,18-23H2,1-6H3/t25-,29-/m1/s1. The van der Waals surface area contributed by atoms with Gasteiger partial charge in [-0.05, 0) is 95.9 Å². The molecular weight excluding hydrogens is 502 g/mol. The number of β-amino-alcohol motifs (C(OH)–C–C–N with tert-alkyl or cyclic N) is 1. The summed E-state index contributed by atoms with van der Waals surface area (Å²) in [5.41, 5.74) is 4.78. The number of hydrogen-bond acceptors (Lipinski definition) is 6. The number of fused-ring (bicyclic) bond motifs is 1. The van der Waals surface area contributed by atoms with E-state index in [1.165, 1.54) is 11.1 Å². The van der Waals surface area contributed by atoms with Gasteiger partial charge in [-0.3, -0.25) is 4.79 Å². The van der Waals surface area contributed by atoms with Crippen LogP contribution >= 0.6 is 0 Å². The van der Waals surface area contributed by atoms with Crippen LogP contribution in [0.1, 0.15) is 89.2 Å². The summed E-state index contributed by atoms with van der Waals surface area (Å²) in [4.78, 5) is 11.7. The highest BCUT2D eigenvalue weighted by Crippen LogP contribution is 2.33. The predicted octanol–water partition coefficient (Wildman–Crippen LogP) is 6.44. The zero-order valence-electron chi connectivity index (χ0n) is 25.2. The second kappa shape index (κ2) is 15.4. The molecule has 0 fully saturated rings. The van der Waals surface area contributed by atoms with Crippen molar-refractivity contribution < 1.29 is 24.1 Å². The molecular formula is C34H49NO5. The van der Waals surface area contributed by atoms with Crippen molar-refractivity contribution in [2.75, 3.05) is 19.8 Å². The number of rotatable bonds is 16. The first-order valence-electron chi connectivity index (χ1n) is 14.8. The molecule has 0 aliphatic heterocycles. The third kappa shape index (κ3) is 10.1. The smallest absolute Gasteiger partial charge is 0.306 e. The van der Waals surface area contributed by atoms with Gasteiger partial charge in [0.2, 0.25) is 0 Å². The van der Waals surface area contributed by atoms with E-state index in [9.17, 15) is 9.90 Å². The van der Waals surface area contributed by atoms with E-state index in [-0.39, 0.29) is 30.3 Å². The molecule has 220 valence electrons. The Morgan fingerprint density at radius 3 is 2.45 bits per heavy atom. The Morgan fingerprint density at radius 2 is 1.80 bits per heavy atom. The average molecular weight is 552 g/mol. The summed E-state index contributed by atoms with van der Waals surface area (Å²) in [6.07, 6.45) is 7.34. The molecule has 0 aromatic heterocycles. The van der Waals surface area contributed by atoms with E-state index in [0.717, 1.165) is 36.1 Å². The fraction of sp³-hybridized carbons (Fsp3) is 0.559. The summed E-state index contributed by atoms with van der Waals surface area (Å²) in [7, 11) is 0. The number of esters is 1. The molecule has 3 rings (SSSR count). The van der Waals surface area contributed by atoms with Crippen molar-refractivity contribution in [2.45, 2.75) is 97.5 Å². The number of aliphatic hydroxyl groups is 1. The van der Waals surface area contributed by atoms with Crippen LogP contribution in [0.2, 0.25) is 0 Å². The topological polar surface area (TPSA) is 77.0 Å². The molecule has 6 nitrogen and oxygen atoms in total. The lowest BCUT2D eigenvalue weighted by molar-refractivity contribution is -0.143. The Balaban J connectivity index is 1.53. The van der Waals surface area contributed by atoms with Gasteiger partial charge in [0.05, 0.1) is 31.5 Å². The first kappa shape index (κ1) is 31.9. The highest BCUT2D eigenvalue weighted by atomic mass is 16.5. The van der Waals surface area contributed by atoms with E-state index in [2.05, 4.69) is 43.4 Å². The summed E-state index contributed by atoms with van der Waals surface area (Å²) >= 11 is 0. The maximum absolute atomic E-state index is 11.7. The quantitative estimate of drug-likeness (QED) is 0.234. The van der Waals surface area contributed by atoms with E-state index in [1.807, 2.05) is 58.0 Å². The molecule has 2 N–H and O–H groups in total. The van der Waals surface area contributed by atoms with Gasteiger partial charge in [0.1, 0.15) is 5.75 Å². The maximum Gasteiger partial charge on any atom is 0.306 e. The molecule has 0 saturated carbocycles. The van der Waals surface area contributed by atoms with Gasteiger partial charge >= 0.3 is 5.97 Å². The highest BCUT2D eigenvalue weighted by molar-refractivity contribution is 5.70. The fourth-order valence-corrected chi connectivity index (χ4v) is 5.47. The molecule has 1 aliphatic rings. The Morgan fingerprint density at radius 1 is 1.10 bits per heavy atom. The number of carbonyl (C=O) groups excluding carboxylic acids is 1. The molecule has 1 aliphatic carbocycles. The van der Waals surface area contributed by atoms with Crippen molar-refractivity contribution in [1.82, 2.24) is 5.32 Å². The Labute approximate surface area is 241 Å². The van der Waals surface area contributed by atoms with Crippen LogP contribution in [0.4, 0.5) is 0 Å². The van der Waals surface area contributed by atoms with Crippen LogP contribution in [0.15, 0.2) is 48.5 Å². The summed E-state index contributed by atoms with van der Waals surface area (Å²) in [6, 6.07) is 14.7. The molecule has 0 spiro atoms. The second-order valence-electron chi connectivity index (χ2n) is 11.8. The van der Waals surface area contributed by atoms with Crippen LogP contribution in [0.25, 0.3) is 6.08 Å². The fourth-order valence-electron chi connectivity index (χ4n) is 5.47. The van der Waals surface area contributed by atoms with Crippen molar-refractivity contribution in [1.29, 1.82) is 0 Å². The van der Waals surface area contributed by atoms with E-state index in [0.29, 0.717) is 31.9 Å². The Bertz CT molecular complexity index is 1080. The van der Waals surface area contributed by atoms with Gasteiger partial charge in [-0.25, -0.2) is 0 Å². The Hall–Kier alpha value is -2.67. The van der Waals surface area contributed by atoms with Gasteiger partial charge < -0.3 is 24.6 Å². The number of nitrogens with one attached hydrogen (secondary N) is 1. The molecule has 0 heterocycles. The van der Waals surface area contributed by atoms with Crippen LogP contribution < -0.4 is 10.1 Å². The molecule has 6 heteroatoms. The summed E-state index contributed by atoms with van der Waals surface area (Å²) < 4.78 is 17.3. The Kier molecular flexibility index (Phi) is 12.2. The molecule has 0 bridgehead atoms. The lowest BCUT2D eigenvalue weighted by Gasteiger charge is -2.31. The maximum atomic E-state index is 11.7. The van der Waals surface area contributed by atoms with Gasteiger partial charge in [-0.15, -0.1) is 0 Å². The van der Waals surface area contributed by atoms with Gasteiger partial charge in [-0.1, -0.05) is 48.6 Å². The number of hydrogen-bond donors (Lipinski definition) is 2. The summed E-state index contributed by atoms with van der Waals surface area (Å²) in [5.74, 6) is 1.20. The molecule has 0 saturated heterocycles. The predicted molar refractivity (Wildman–Crippen MR) is 162 cm³/mol. The first-order valence-corrected chi connectivity index (χ1v) is 14.8. The largest absolute Gasteiger partial charge is 0.490 e. The van der Waals surface area contributed by atoms with E-state index < -0.39 is 6.10 Å². The second-order valence-corrected chi connectivity index (χ2v) is 11.8. The summed E-state index contributed by atoms with van der Waals surface area (Å²) in [6.45, 7) is 13.3. The van der Waals surface area contributed by atoms with E-state index in [4.69, 9.17) is 14.2 Å². The van der Waals surface area contributed by atoms with Gasteiger partial charge in [0, 0.05) is 24.1 Å². The van der Waals surface area contributed by atoms with Crippen molar-refractivity contribution in [2.24, 2.45) is 5.92 Å². The van der Waals surface area contributed by atoms with Crippen LogP contribution in [0.5, 0.6) is 5.75 Å². The van der Waals surface area contributed by atoms with Crippen LogP contribution in [-0.4, -0.2) is 48.6 Å². The molecule has 0 radical (unpaired) electrons. The molecule has 2 atom stereocenters. The number of aliphatic hydroxyl groups excluding tert-OH is 1. The summed E-state index contributed by atoms with van der Waals surface area (Å²) in [5, 5.41) is 14.3. The minimum absolute atomic E-state index is 0.0211. The van der Waals surface area contributed by atoms with Gasteiger partial charge in [-0.2, -0.15) is 0 Å². The molecule has 2 aromatic rings. The molecule has 0 unspecified atom stereocenters. The SMILES string of the molecule is CCOC(=O)CCC=Cc1c(OC(C)C)cccc1[C@@H](C)OC[C@H](O)CNC(C)(C)CC1Cc2ccccc2C1. The minimum atomic E-state index is -0.624. The van der Waals surface area contributed by atoms with E-state index in [1.54, 1.807) is 0 Å². The number of allylic oxidation sites excluding steroid dienone is 1. The van der Waals surface area contributed by atoms with Crippen molar-refractivity contribution in [3.8, 4) is 5.75 Å². The third-order valence-electron chi connectivity index (χ3n) is 7.29. The zero-order valence-corrected chi connectivity index (χ0v) is 25.2. The average Bonchev–Trinajstić information content (AvgIpc) is 3.30. The number of ether oxygens (including phenoxy) is 3. The minimum Gasteiger partial charge on any atom is -0.490 e. The van der Waals surface area contributed by atoms with Crippen molar-refractivity contribution >= 4 is 12.0 Å². The van der Waals surface area contributed by atoms with E-state index >= 15 is 0 Å². The molecule has 2 aromatic carbocycles. The monoisotopic (exact) mass is 551 g/mol. The van der Waals surface area contributed by atoms with Crippen LogP contribution in [0, 0.1) is 5.92 Å². The van der Waals surface area contributed by atoms with Crippen LogP contribution in [-0.2, 0) is 27.1 Å². The lowest BCUT2D eigenvalue weighted by Crippen LogP contribution is -2.45. The zero-order chi connectivity index (χ0) is 29.1. The lowest BCUT2D eigenvalue weighted by atomic mass is 9.88. The number of benzene rings is 2. The normalized spacial score (nSPS) is 15.4. The van der Waals surface area contributed by atoms with Crippen molar-refractivity contribution in [3.05, 3.63) is 70.8 Å².